The Labute approximate surface area is 165 Å². The van der Waals surface area contributed by atoms with Crippen LogP contribution < -0.4 is 9.64 Å². The summed E-state index contributed by atoms with van der Waals surface area (Å²) in [6, 6.07) is 13.0. The van der Waals surface area contributed by atoms with Crippen molar-refractivity contribution < 1.29 is 14.6 Å². The van der Waals surface area contributed by atoms with Crippen LogP contribution in [0.3, 0.4) is 0 Å². The summed E-state index contributed by atoms with van der Waals surface area (Å²) in [6.45, 7) is 1.21. The molecule has 6 heteroatoms. The van der Waals surface area contributed by atoms with Gasteiger partial charge in [0, 0.05) is 29.7 Å². The number of likely N-dealkylation sites (N-methyl/N-ethyl adjacent to an activating group) is 1. The first-order chi connectivity index (χ1) is 12.9. The minimum absolute atomic E-state index is 0.279. The molecule has 1 N–H and O–H groups in total. The van der Waals surface area contributed by atoms with Crippen molar-refractivity contribution in [2.75, 3.05) is 39.2 Å². The zero-order valence-corrected chi connectivity index (χ0v) is 16.6. The molecule has 1 aliphatic heterocycles. The number of carbonyl (C=O) groups is 1. The van der Waals surface area contributed by atoms with E-state index in [0.717, 1.165) is 22.6 Å². The molecule has 0 bridgehead atoms. The van der Waals surface area contributed by atoms with Gasteiger partial charge in [-0.15, -0.1) is 0 Å². The minimum Gasteiger partial charge on any atom is -0.497 e. The molecule has 0 fully saturated rings. The second-order valence-electron chi connectivity index (χ2n) is 7.09. The first-order valence-electron chi connectivity index (χ1n) is 8.97. The fourth-order valence-electron chi connectivity index (χ4n) is 3.46. The van der Waals surface area contributed by atoms with Crippen molar-refractivity contribution in [3.05, 3.63) is 58.6 Å². The zero-order chi connectivity index (χ0) is 19.6. The normalized spacial score (nSPS) is 19.8. The first-order valence-corrected chi connectivity index (χ1v) is 9.35. The molecule has 2 unspecified atom stereocenters. The van der Waals surface area contributed by atoms with Gasteiger partial charge in [-0.25, -0.2) is 0 Å². The maximum atomic E-state index is 13.1. The van der Waals surface area contributed by atoms with Gasteiger partial charge in [-0.05, 0) is 62.0 Å². The van der Waals surface area contributed by atoms with Gasteiger partial charge in [0.05, 0.1) is 7.11 Å². The Morgan fingerprint density at radius 1 is 1.22 bits per heavy atom. The summed E-state index contributed by atoms with van der Waals surface area (Å²) in [4.78, 5) is 16.8. The SMILES string of the molecule is COc1ccc(C2Cc3cc(Cl)ccc3N(CCN(C)C)C(=O)C2O)cc1. The van der Waals surface area contributed by atoms with E-state index in [2.05, 4.69) is 0 Å². The number of carbonyl (C=O) groups excluding carboxylic acids is 1. The van der Waals surface area contributed by atoms with Crippen LogP contribution in [0, 0.1) is 0 Å². The van der Waals surface area contributed by atoms with Crippen LogP contribution in [0.15, 0.2) is 42.5 Å². The Balaban J connectivity index is 2.01. The summed E-state index contributed by atoms with van der Waals surface area (Å²) >= 11 is 6.22. The summed E-state index contributed by atoms with van der Waals surface area (Å²) in [5, 5.41) is 11.5. The van der Waals surface area contributed by atoms with E-state index >= 15 is 0 Å². The van der Waals surface area contributed by atoms with Gasteiger partial charge in [-0.1, -0.05) is 23.7 Å². The van der Waals surface area contributed by atoms with E-state index in [1.54, 1.807) is 18.1 Å². The van der Waals surface area contributed by atoms with E-state index in [-0.39, 0.29) is 11.8 Å². The number of benzene rings is 2. The van der Waals surface area contributed by atoms with Crippen LogP contribution in [0.4, 0.5) is 5.69 Å². The molecule has 0 radical (unpaired) electrons. The molecule has 3 rings (SSSR count). The smallest absolute Gasteiger partial charge is 0.256 e. The number of nitrogens with zero attached hydrogens (tertiary/aromatic N) is 2. The molecule has 2 atom stereocenters. The molecule has 1 aliphatic rings. The van der Waals surface area contributed by atoms with Crippen molar-refractivity contribution in [3.8, 4) is 5.75 Å². The van der Waals surface area contributed by atoms with Crippen LogP contribution >= 0.6 is 11.6 Å². The van der Waals surface area contributed by atoms with E-state index in [0.29, 0.717) is 24.5 Å². The van der Waals surface area contributed by atoms with Crippen LogP contribution in [0.25, 0.3) is 0 Å². The number of aliphatic hydroxyl groups is 1. The standard InChI is InChI=1S/C21H25ClN2O3/c1-23(2)10-11-24-19-9-6-16(22)12-15(19)13-18(20(25)21(24)26)14-4-7-17(27-3)8-5-14/h4-9,12,18,20,25H,10-11,13H2,1-3H3. The number of amides is 1. The van der Waals surface area contributed by atoms with Crippen LogP contribution in [-0.2, 0) is 11.2 Å². The highest BCUT2D eigenvalue weighted by Gasteiger charge is 2.36. The number of rotatable bonds is 5. The van der Waals surface area contributed by atoms with Crippen molar-refractivity contribution in [2.45, 2.75) is 18.4 Å². The topological polar surface area (TPSA) is 53.0 Å². The molecule has 0 aliphatic carbocycles. The second kappa shape index (κ2) is 8.30. The van der Waals surface area contributed by atoms with E-state index in [1.807, 2.05) is 55.4 Å². The van der Waals surface area contributed by atoms with Crippen LogP contribution in [0.2, 0.25) is 5.02 Å². The van der Waals surface area contributed by atoms with Crippen molar-refractivity contribution in [2.24, 2.45) is 0 Å². The first kappa shape index (κ1) is 19.7. The number of ether oxygens (including phenoxy) is 1. The van der Waals surface area contributed by atoms with Gasteiger partial charge in [0.25, 0.3) is 5.91 Å². The van der Waals surface area contributed by atoms with E-state index in [4.69, 9.17) is 16.3 Å². The highest BCUT2D eigenvalue weighted by atomic mass is 35.5. The third-order valence-corrected chi connectivity index (χ3v) is 5.22. The van der Waals surface area contributed by atoms with Crippen molar-refractivity contribution in [1.82, 2.24) is 4.90 Å². The summed E-state index contributed by atoms with van der Waals surface area (Å²) < 4.78 is 5.21. The Kier molecular flexibility index (Phi) is 6.05. The van der Waals surface area contributed by atoms with Gasteiger partial charge >= 0.3 is 0 Å². The molecule has 27 heavy (non-hydrogen) atoms. The monoisotopic (exact) mass is 388 g/mol. The summed E-state index contributed by atoms with van der Waals surface area (Å²) in [5.41, 5.74) is 2.69. The number of fused-ring (bicyclic) bond motifs is 1. The Morgan fingerprint density at radius 3 is 2.56 bits per heavy atom. The largest absolute Gasteiger partial charge is 0.497 e. The fourth-order valence-corrected chi connectivity index (χ4v) is 3.66. The predicted octanol–water partition coefficient (Wildman–Crippen LogP) is 2.94. The Hall–Kier alpha value is -2.08. The molecule has 0 aromatic heterocycles. The zero-order valence-electron chi connectivity index (χ0n) is 15.9. The summed E-state index contributed by atoms with van der Waals surface area (Å²) in [6.07, 6.45) is -0.583. The average Bonchev–Trinajstić information content (AvgIpc) is 2.75. The molecule has 1 amide bonds. The minimum atomic E-state index is -1.12. The average molecular weight is 389 g/mol. The molecule has 5 nitrogen and oxygen atoms in total. The maximum Gasteiger partial charge on any atom is 0.256 e. The number of anilines is 1. The molecule has 1 heterocycles. The second-order valence-corrected chi connectivity index (χ2v) is 7.53. The molecular formula is C21H25ClN2O3. The lowest BCUT2D eigenvalue weighted by atomic mass is 9.88. The molecule has 0 saturated carbocycles. The Bertz CT molecular complexity index is 808. The van der Waals surface area contributed by atoms with Gasteiger partial charge in [0.15, 0.2) is 0 Å². The van der Waals surface area contributed by atoms with E-state index in [1.165, 1.54) is 0 Å². The fraction of sp³-hybridized carbons (Fsp3) is 0.381. The summed E-state index contributed by atoms with van der Waals surface area (Å²) in [5.74, 6) is 0.118. The highest BCUT2D eigenvalue weighted by molar-refractivity contribution is 6.30. The lowest BCUT2D eigenvalue weighted by molar-refractivity contribution is -0.127. The summed E-state index contributed by atoms with van der Waals surface area (Å²) in [7, 11) is 5.53. The lowest BCUT2D eigenvalue weighted by Crippen LogP contribution is -2.43. The third-order valence-electron chi connectivity index (χ3n) is 4.99. The Morgan fingerprint density at radius 2 is 1.93 bits per heavy atom. The quantitative estimate of drug-likeness (QED) is 0.855. The van der Waals surface area contributed by atoms with Gasteiger partial charge in [-0.2, -0.15) is 0 Å². The van der Waals surface area contributed by atoms with E-state index < -0.39 is 6.10 Å². The van der Waals surface area contributed by atoms with E-state index in [9.17, 15) is 9.90 Å². The van der Waals surface area contributed by atoms with Crippen LogP contribution in [0.1, 0.15) is 17.0 Å². The van der Waals surface area contributed by atoms with Crippen LogP contribution in [-0.4, -0.2) is 56.3 Å². The van der Waals surface area contributed by atoms with Gasteiger partial charge in [0.1, 0.15) is 11.9 Å². The van der Waals surface area contributed by atoms with Crippen molar-refractivity contribution in [3.63, 3.8) is 0 Å². The number of hydrogen-bond donors (Lipinski definition) is 1. The van der Waals surface area contributed by atoms with Gasteiger partial charge in [0.2, 0.25) is 0 Å². The maximum absolute atomic E-state index is 13.1. The predicted molar refractivity (Wildman–Crippen MR) is 108 cm³/mol. The molecule has 144 valence electrons. The third kappa shape index (κ3) is 4.26. The molecular weight excluding hydrogens is 364 g/mol. The number of halogens is 1. The van der Waals surface area contributed by atoms with Crippen LogP contribution in [0.5, 0.6) is 5.75 Å². The lowest BCUT2D eigenvalue weighted by Gasteiger charge is -2.27. The molecule has 2 aromatic rings. The molecule has 0 saturated heterocycles. The van der Waals surface area contributed by atoms with Crippen molar-refractivity contribution >= 4 is 23.2 Å². The number of hydrogen-bond acceptors (Lipinski definition) is 4. The van der Waals surface area contributed by atoms with Crippen molar-refractivity contribution in [1.29, 1.82) is 0 Å². The highest BCUT2D eigenvalue weighted by Crippen LogP contribution is 2.36. The van der Waals surface area contributed by atoms with Gasteiger partial charge < -0.3 is 19.6 Å². The number of methoxy groups -OCH3 is 1. The molecule has 2 aromatic carbocycles. The van der Waals surface area contributed by atoms with Gasteiger partial charge in [-0.3, -0.25) is 4.79 Å². The number of aliphatic hydroxyl groups excluding tert-OH is 1. The molecule has 0 spiro atoms.